The summed E-state index contributed by atoms with van der Waals surface area (Å²) < 4.78 is 5.74. The molecule has 0 saturated carbocycles. The van der Waals surface area contributed by atoms with Crippen molar-refractivity contribution in [2.75, 3.05) is 0 Å². The first kappa shape index (κ1) is 9.87. The maximum atomic E-state index is 5.74. The molecule has 10 heavy (non-hydrogen) atoms. The molecule has 0 N–H and O–H groups in total. The lowest BCUT2D eigenvalue weighted by Gasteiger charge is -2.20. The van der Waals surface area contributed by atoms with Gasteiger partial charge in [0.1, 0.15) is 0 Å². The van der Waals surface area contributed by atoms with Gasteiger partial charge in [-0.15, -0.1) is 13.2 Å². The highest BCUT2D eigenvalue weighted by molar-refractivity contribution is 6.82. The summed E-state index contributed by atoms with van der Waals surface area (Å²) in [6.45, 7) is 13.8. The molecule has 0 atom stereocenters. The molecule has 0 amide bonds. The second kappa shape index (κ2) is 3.90. The van der Waals surface area contributed by atoms with Crippen LogP contribution in [0.5, 0.6) is 0 Å². The molecular formula is C7H15OSi2. The third-order valence-electron chi connectivity index (χ3n) is 1.20. The van der Waals surface area contributed by atoms with E-state index in [2.05, 4.69) is 32.8 Å². The van der Waals surface area contributed by atoms with Gasteiger partial charge in [0.2, 0.25) is 9.04 Å². The van der Waals surface area contributed by atoms with Gasteiger partial charge in [-0.25, -0.2) is 0 Å². The van der Waals surface area contributed by atoms with Crippen molar-refractivity contribution < 1.29 is 4.12 Å². The Kier molecular flexibility index (Phi) is 3.85. The normalized spacial score (nSPS) is 11.6. The molecule has 0 aliphatic heterocycles. The second-order valence-corrected chi connectivity index (χ2v) is 8.79. The SMILES string of the molecule is C=C[Si](C)O[Si](C)(C)C=C. The number of hydrogen-bond acceptors (Lipinski definition) is 1. The molecule has 3 heteroatoms. The minimum absolute atomic E-state index is 0.744. The zero-order valence-electron chi connectivity index (χ0n) is 6.98. The Morgan fingerprint density at radius 3 is 2.20 bits per heavy atom. The summed E-state index contributed by atoms with van der Waals surface area (Å²) in [5, 5.41) is 0. The monoisotopic (exact) mass is 171 g/mol. The zero-order valence-corrected chi connectivity index (χ0v) is 8.98. The Morgan fingerprint density at radius 2 is 1.90 bits per heavy atom. The van der Waals surface area contributed by atoms with Gasteiger partial charge in [-0.1, -0.05) is 11.4 Å². The third kappa shape index (κ3) is 3.82. The van der Waals surface area contributed by atoms with Crippen LogP contribution in [0, 0.1) is 0 Å². The zero-order chi connectivity index (χ0) is 8.20. The van der Waals surface area contributed by atoms with Gasteiger partial charge in [-0.3, -0.25) is 0 Å². The molecule has 0 unspecified atom stereocenters. The van der Waals surface area contributed by atoms with E-state index in [0.717, 1.165) is 0 Å². The Labute approximate surface area is 66.3 Å². The van der Waals surface area contributed by atoms with Gasteiger partial charge >= 0.3 is 0 Å². The van der Waals surface area contributed by atoms with Crippen LogP contribution in [0.2, 0.25) is 19.6 Å². The molecule has 0 fully saturated rings. The first-order valence-electron chi connectivity index (χ1n) is 3.30. The smallest absolute Gasteiger partial charge is 0.223 e. The van der Waals surface area contributed by atoms with E-state index in [-0.39, 0.29) is 0 Å². The highest BCUT2D eigenvalue weighted by Gasteiger charge is 2.19. The van der Waals surface area contributed by atoms with Gasteiger partial charge in [0.25, 0.3) is 0 Å². The molecule has 0 bridgehead atoms. The van der Waals surface area contributed by atoms with E-state index in [4.69, 9.17) is 4.12 Å². The first-order valence-corrected chi connectivity index (χ1v) is 8.27. The van der Waals surface area contributed by atoms with Gasteiger partial charge in [0.15, 0.2) is 8.32 Å². The van der Waals surface area contributed by atoms with Crippen LogP contribution in [0.1, 0.15) is 0 Å². The molecular weight excluding hydrogens is 156 g/mol. The van der Waals surface area contributed by atoms with Crippen LogP contribution in [-0.2, 0) is 4.12 Å². The highest BCUT2D eigenvalue weighted by atomic mass is 28.4. The highest BCUT2D eigenvalue weighted by Crippen LogP contribution is 2.06. The predicted molar refractivity (Wildman–Crippen MR) is 50.6 cm³/mol. The summed E-state index contributed by atoms with van der Waals surface area (Å²) >= 11 is 0. The van der Waals surface area contributed by atoms with Gasteiger partial charge in [-0.2, -0.15) is 0 Å². The third-order valence-corrected chi connectivity index (χ3v) is 6.15. The van der Waals surface area contributed by atoms with Crippen molar-refractivity contribution in [1.82, 2.24) is 0 Å². The van der Waals surface area contributed by atoms with E-state index in [0.29, 0.717) is 0 Å². The van der Waals surface area contributed by atoms with Crippen molar-refractivity contribution in [2.45, 2.75) is 19.6 Å². The molecule has 0 aliphatic carbocycles. The summed E-state index contributed by atoms with van der Waals surface area (Å²) in [4.78, 5) is 0. The largest absolute Gasteiger partial charge is 0.450 e. The van der Waals surface area contributed by atoms with Crippen molar-refractivity contribution >= 4 is 17.4 Å². The lowest BCUT2D eigenvalue weighted by atomic mass is 11.3. The molecule has 57 valence electrons. The van der Waals surface area contributed by atoms with Crippen molar-refractivity contribution in [3.05, 3.63) is 24.6 Å². The molecule has 1 radical (unpaired) electrons. The van der Waals surface area contributed by atoms with Crippen molar-refractivity contribution in [3.8, 4) is 0 Å². The van der Waals surface area contributed by atoms with E-state index < -0.39 is 17.4 Å². The minimum Gasteiger partial charge on any atom is -0.450 e. The molecule has 0 rings (SSSR count). The van der Waals surface area contributed by atoms with E-state index >= 15 is 0 Å². The average Bonchev–Trinajstić information content (AvgIpc) is 1.87. The van der Waals surface area contributed by atoms with Crippen LogP contribution in [0.4, 0.5) is 0 Å². The summed E-state index contributed by atoms with van der Waals surface area (Å²) in [5.74, 6) is 0. The van der Waals surface area contributed by atoms with Gasteiger partial charge in [-0.05, 0) is 19.6 Å². The molecule has 0 aromatic heterocycles. The first-order chi connectivity index (χ1) is 4.52. The quantitative estimate of drug-likeness (QED) is 0.590. The van der Waals surface area contributed by atoms with E-state index in [9.17, 15) is 0 Å². The molecule has 0 aromatic rings. The molecule has 0 aromatic carbocycles. The second-order valence-electron chi connectivity index (χ2n) is 2.72. The van der Waals surface area contributed by atoms with Gasteiger partial charge in [0, 0.05) is 0 Å². The van der Waals surface area contributed by atoms with Crippen LogP contribution in [0.3, 0.4) is 0 Å². The fraction of sp³-hybridized carbons (Fsp3) is 0.429. The fourth-order valence-electron chi connectivity index (χ4n) is 0.498. The molecule has 0 spiro atoms. The summed E-state index contributed by atoms with van der Waals surface area (Å²) in [7, 11) is -2.27. The fourth-order valence-corrected chi connectivity index (χ4v) is 4.48. The Bertz CT molecular complexity index is 132. The number of hydrogen-bond donors (Lipinski definition) is 0. The van der Waals surface area contributed by atoms with Crippen molar-refractivity contribution in [2.24, 2.45) is 0 Å². The predicted octanol–water partition coefficient (Wildman–Crippen LogP) is 2.28. The average molecular weight is 171 g/mol. The minimum atomic E-state index is -1.52. The standard InChI is InChI=1S/C7H15OSi2/c1-6-9(3)8-10(4,5)7-2/h6-7H,1-2H2,3-5H3. The Hall–Kier alpha value is -0.126. The topological polar surface area (TPSA) is 9.23 Å². The number of rotatable bonds is 4. The van der Waals surface area contributed by atoms with Crippen molar-refractivity contribution in [1.29, 1.82) is 0 Å². The summed E-state index contributed by atoms with van der Waals surface area (Å²) in [5.41, 5.74) is 3.85. The molecule has 0 saturated heterocycles. The van der Waals surface area contributed by atoms with Crippen LogP contribution in [0.15, 0.2) is 24.6 Å². The van der Waals surface area contributed by atoms with Crippen LogP contribution in [0.25, 0.3) is 0 Å². The molecule has 1 nitrogen and oxygen atoms in total. The maximum absolute atomic E-state index is 5.74. The van der Waals surface area contributed by atoms with E-state index in [1.54, 1.807) is 0 Å². The molecule has 0 heterocycles. The lowest BCUT2D eigenvalue weighted by molar-refractivity contribution is 0.594. The molecule has 0 aliphatic rings. The lowest BCUT2D eigenvalue weighted by Crippen LogP contribution is -2.33. The Morgan fingerprint density at radius 1 is 1.40 bits per heavy atom. The maximum Gasteiger partial charge on any atom is 0.223 e. The Balaban J connectivity index is 3.86. The van der Waals surface area contributed by atoms with E-state index in [1.807, 2.05) is 11.4 Å². The van der Waals surface area contributed by atoms with E-state index in [1.165, 1.54) is 0 Å². The van der Waals surface area contributed by atoms with Gasteiger partial charge in [0.05, 0.1) is 0 Å². The summed E-state index contributed by atoms with van der Waals surface area (Å²) in [6.07, 6.45) is 0. The van der Waals surface area contributed by atoms with Crippen LogP contribution >= 0.6 is 0 Å². The van der Waals surface area contributed by atoms with Crippen molar-refractivity contribution in [3.63, 3.8) is 0 Å². The van der Waals surface area contributed by atoms with Gasteiger partial charge < -0.3 is 4.12 Å². The van der Waals surface area contributed by atoms with Crippen LogP contribution < -0.4 is 0 Å². The van der Waals surface area contributed by atoms with Crippen LogP contribution in [-0.4, -0.2) is 17.4 Å². The summed E-state index contributed by atoms with van der Waals surface area (Å²) in [6, 6.07) is 0.